The summed E-state index contributed by atoms with van der Waals surface area (Å²) in [6, 6.07) is 5.87. The van der Waals surface area contributed by atoms with Crippen molar-refractivity contribution in [2.75, 3.05) is 19.0 Å². The number of nitrogens with one attached hydrogen (secondary N) is 1. The van der Waals surface area contributed by atoms with Crippen molar-refractivity contribution >= 4 is 40.2 Å². The van der Waals surface area contributed by atoms with Crippen LogP contribution in [0.4, 0.5) is 15.6 Å². The molecule has 0 spiro atoms. The molecule has 0 saturated heterocycles. The quantitative estimate of drug-likeness (QED) is 0.489. The third-order valence-corrected chi connectivity index (χ3v) is 4.92. The van der Waals surface area contributed by atoms with Crippen LogP contribution in [0.3, 0.4) is 0 Å². The molecule has 0 bridgehead atoms. The highest BCUT2D eigenvalue weighted by Crippen LogP contribution is 2.28. The van der Waals surface area contributed by atoms with Gasteiger partial charge in [-0.05, 0) is 23.8 Å². The number of hydrogen-bond donors (Lipinski definition) is 1. The first kappa shape index (κ1) is 18.5. The largest absolute Gasteiger partial charge is 0.453 e. The molecule has 0 atom stereocenters. The lowest BCUT2D eigenvalue weighted by Crippen LogP contribution is -2.35. The van der Waals surface area contributed by atoms with Gasteiger partial charge in [-0.15, -0.1) is 0 Å². The molecule has 2 heterocycles. The van der Waals surface area contributed by atoms with Crippen molar-refractivity contribution in [2.45, 2.75) is 13.0 Å². The van der Waals surface area contributed by atoms with Crippen LogP contribution in [-0.2, 0) is 22.5 Å². The number of carbonyl (C=O) groups is 2. The summed E-state index contributed by atoms with van der Waals surface area (Å²) in [5.74, 6) is -0.357. The fraction of sp³-hybridized carbons (Fsp3) is 0.235. The highest BCUT2D eigenvalue weighted by atomic mass is 32.1. The Morgan fingerprint density at radius 1 is 1.37 bits per heavy atom. The first-order valence-corrected chi connectivity index (χ1v) is 8.83. The molecule has 9 nitrogen and oxygen atoms in total. The summed E-state index contributed by atoms with van der Waals surface area (Å²) in [5.41, 5.74) is 1.53. The van der Waals surface area contributed by atoms with Crippen LogP contribution in [0.15, 0.2) is 30.3 Å². The molecule has 0 aliphatic carbocycles. The van der Waals surface area contributed by atoms with Crippen molar-refractivity contribution in [1.29, 1.82) is 0 Å². The molecule has 0 unspecified atom stereocenters. The van der Waals surface area contributed by atoms with Gasteiger partial charge in [-0.3, -0.25) is 20.2 Å². The highest BCUT2D eigenvalue weighted by Gasteiger charge is 2.24. The van der Waals surface area contributed by atoms with E-state index in [4.69, 9.17) is 4.74 Å². The van der Waals surface area contributed by atoms with E-state index in [-0.39, 0.29) is 17.7 Å². The second kappa shape index (κ2) is 7.96. The molecule has 27 heavy (non-hydrogen) atoms. The Kier molecular flexibility index (Phi) is 5.46. The van der Waals surface area contributed by atoms with E-state index in [0.717, 1.165) is 10.6 Å². The summed E-state index contributed by atoms with van der Waals surface area (Å²) in [6.07, 6.45) is 3.12. The molecule has 2 aromatic rings. The minimum Gasteiger partial charge on any atom is -0.453 e. The number of nitro groups is 1. The van der Waals surface area contributed by atoms with Gasteiger partial charge < -0.3 is 9.64 Å². The van der Waals surface area contributed by atoms with E-state index in [1.807, 2.05) is 0 Å². The van der Waals surface area contributed by atoms with Gasteiger partial charge in [0.1, 0.15) is 0 Å². The molecule has 140 valence electrons. The van der Waals surface area contributed by atoms with Crippen molar-refractivity contribution in [3.63, 3.8) is 0 Å². The number of fused-ring (bicyclic) bond motifs is 1. The number of aromatic nitrogens is 1. The Balaban J connectivity index is 1.61. The van der Waals surface area contributed by atoms with Crippen LogP contribution in [0.25, 0.3) is 6.08 Å². The number of carbonyl (C=O) groups excluding carboxylic acids is 2. The molecule has 0 radical (unpaired) electrons. The Morgan fingerprint density at radius 3 is 2.78 bits per heavy atom. The summed E-state index contributed by atoms with van der Waals surface area (Å²) < 4.78 is 4.73. The molecular weight excluding hydrogens is 372 g/mol. The lowest BCUT2D eigenvalue weighted by molar-refractivity contribution is -0.384. The minimum atomic E-state index is -0.480. The molecular formula is C17H16N4O5S. The van der Waals surface area contributed by atoms with E-state index >= 15 is 0 Å². The van der Waals surface area contributed by atoms with Gasteiger partial charge in [-0.25, -0.2) is 9.78 Å². The Morgan fingerprint density at radius 2 is 2.11 bits per heavy atom. The smallest absolute Gasteiger partial charge is 0.409 e. The molecule has 1 aliphatic rings. The monoisotopic (exact) mass is 388 g/mol. The Hall–Kier alpha value is -3.27. The van der Waals surface area contributed by atoms with E-state index in [9.17, 15) is 19.7 Å². The number of hydrogen-bond acceptors (Lipinski definition) is 7. The van der Waals surface area contributed by atoms with Crippen molar-refractivity contribution in [3.05, 3.63) is 56.6 Å². The van der Waals surface area contributed by atoms with E-state index in [2.05, 4.69) is 10.3 Å². The summed E-state index contributed by atoms with van der Waals surface area (Å²) in [6.45, 7) is 0.936. The lowest BCUT2D eigenvalue weighted by atomic mass is 10.2. The number of benzene rings is 1. The lowest BCUT2D eigenvalue weighted by Gasteiger charge is -2.24. The highest BCUT2D eigenvalue weighted by molar-refractivity contribution is 7.15. The first-order chi connectivity index (χ1) is 13.0. The summed E-state index contributed by atoms with van der Waals surface area (Å²) in [5, 5.41) is 13.8. The van der Waals surface area contributed by atoms with Crippen LogP contribution in [0.1, 0.15) is 16.1 Å². The molecule has 1 N–H and O–H groups in total. The van der Waals surface area contributed by atoms with Gasteiger partial charge in [0.2, 0.25) is 5.91 Å². The zero-order chi connectivity index (χ0) is 19.4. The van der Waals surface area contributed by atoms with Crippen molar-refractivity contribution in [2.24, 2.45) is 0 Å². The zero-order valence-corrected chi connectivity index (χ0v) is 15.2. The van der Waals surface area contributed by atoms with Gasteiger partial charge in [0.15, 0.2) is 5.13 Å². The second-order valence-electron chi connectivity index (χ2n) is 5.70. The first-order valence-electron chi connectivity index (χ1n) is 8.01. The molecule has 1 aromatic carbocycles. The van der Waals surface area contributed by atoms with Gasteiger partial charge in [0.25, 0.3) is 5.69 Å². The number of ether oxygens (including phenoxy) is 1. The molecule has 10 heteroatoms. The van der Waals surface area contributed by atoms with E-state index in [1.165, 1.54) is 36.7 Å². The zero-order valence-electron chi connectivity index (χ0n) is 14.4. The van der Waals surface area contributed by atoms with E-state index < -0.39 is 4.92 Å². The number of rotatable bonds is 4. The summed E-state index contributed by atoms with van der Waals surface area (Å²) in [7, 11) is 1.34. The number of thiazole rings is 1. The Labute approximate surface area is 158 Å². The van der Waals surface area contributed by atoms with E-state index in [1.54, 1.807) is 23.1 Å². The van der Waals surface area contributed by atoms with Crippen LogP contribution >= 0.6 is 11.3 Å². The van der Waals surface area contributed by atoms with Gasteiger partial charge in [-0.1, -0.05) is 11.3 Å². The number of non-ortho nitro benzene ring substituents is 1. The predicted molar refractivity (Wildman–Crippen MR) is 99.4 cm³/mol. The number of methoxy groups -OCH3 is 1. The third kappa shape index (κ3) is 4.47. The van der Waals surface area contributed by atoms with Crippen LogP contribution in [0, 0.1) is 10.1 Å². The van der Waals surface area contributed by atoms with Gasteiger partial charge >= 0.3 is 6.09 Å². The van der Waals surface area contributed by atoms with Crippen LogP contribution < -0.4 is 5.32 Å². The topological polar surface area (TPSA) is 115 Å². The van der Waals surface area contributed by atoms with Crippen LogP contribution in [0.2, 0.25) is 0 Å². The maximum Gasteiger partial charge on any atom is 0.409 e. The van der Waals surface area contributed by atoms with Crippen LogP contribution in [0.5, 0.6) is 0 Å². The van der Waals surface area contributed by atoms with Crippen LogP contribution in [-0.4, -0.2) is 40.5 Å². The Bertz CT molecular complexity index is 907. The molecule has 0 fully saturated rings. The summed E-state index contributed by atoms with van der Waals surface area (Å²) >= 11 is 1.32. The predicted octanol–water partition coefficient (Wildman–Crippen LogP) is 2.83. The van der Waals surface area contributed by atoms with Crippen molar-refractivity contribution in [1.82, 2.24) is 9.88 Å². The maximum atomic E-state index is 12.1. The second-order valence-corrected chi connectivity index (χ2v) is 6.79. The normalized spacial score (nSPS) is 13.3. The molecule has 1 aromatic heterocycles. The minimum absolute atomic E-state index is 0.00836. The fourth-order valence-electron chi connectivity index (χ4n) is 2.56. The third-order valence-electron chi connectivity index (χ3n) is 3.93. The van der Waals surface area contributed by atoms with Crippen molar-refractivity contribution in [3.8, 4) is 0 Å². The standard InChI is InChI=1S/C17H16N4O5S/c1-26-17(23)20-9-8-13-14(10-20)27-16(18-13)19-15(22)7-4-11-2-5-12(6-3-11)21(24)25/h2-7H,8-10H2,1H3,(H,18,19,22)/b7-4-. The van der Waals surface area contributed by atoms with E-state index in [0.29, 0.717) is 30.2 Å². The SMILES string of the molecule is COC(=O)N1CCc2nc(NC(=O)/C=C\c3ccc([N+](=O)[O-])cc3)sc2C1. The average Bonchev–Trinajstić information content (AvgIpc) is 3.07. The summed E-state index contributed by atoms with van der Waals surface area (Å²) in [4.78, 5) is 40.7. The van der Waals surface area contributed by atoms with Crippen molar-refractivity contribution < 1.29 is 19.2 Å². The molecule has 3 rings (SSSR count). The van der Waals surface area contributed by atoms with Gasteiger partial charge in [0.05, 0.1) is 24.3 Å². The van der Waals surface area contributed by atoms with Gasteiger partial charge in [-0.2, -0.15) is 0 Å². The molecule has 2 amide bonds. The number of nitrogens with zero attached hydrogens (tertiary/aromatic N) is 3. The number of amides is 2. The fourth-order valence-corrected chi connectivity index (χ4v) is 3.59. The maximum absolute atomic E-state index is 12.1. The number of anilines is 1. The molecule has 1 aliphatic heterocycles. The molecule has 0 saturated carbocycles. The number of nitro benzene ring substituents is 1. The van der Waals surface area contributed by atoms with Gasteiger partial charge in [0, 0.05) is 36.1 Å². The average molecular weight is 388 g/mol.